The molecule has 0 aliphatic carbocycles. The van der Waals surface area contributed by atoms with E-state index in [1.165, 1.54) is 19.3 Å². The van der Waals surface area contributed by atoms with Crippen LogP contribution in [0.5, 0.6) is 5.75 Å². The van der Waals surface area contributed by atoms with E-state index in [-0.39, 0.29) is 23.7 Å². The zero-order chi connectivity index (χ0) is 25.6. The van der Waals surface area contributed by atoms with E-state index >= 15 is 0 Å². The fourth-order valence-electron chi connectivity index (χ4n) is 2.94. The summed E-state index contributed by atoms with van der Waals surface area (Å²) in [5.74, 6) is 0.0634. The molecule has 0 aliphatic rings. The second-order valence-electron chi connectivity index (χ2n) is 7.26. The monoisotopic (exact) mass is 467 g/mol. The number of ether oxygens (including phenoxy) is 1. The predicted molar refractivity (Wildman–Crippen MR) is 133 cm³/mol. The lowest BCUT2D eigenvalue weighted by molar-refractivity contribution is 0.0947. The highest BCUT2D eigenvalue weighted by Crippen LogP contribution is 2.37. The normalized spacial score (nSPS) is 10.8. The first kappa shape index (κ1) is 25.3. The Labute approximate surface area is 205 Å². The Bertz CT molecular complexity index is 1240. The molecular weight excluding hydrogens is 447 g/mol. The first-order chi connectivity index (χ1) is 16.6. The van der Waals surface area contributed by atoms with Crippen LogP contribution < -0.4 is 26.0 Å². The van der Waals surface area contributed by atoms with Gasteiger partial charge in [-0.05, 0) is 12.1 Å². The fourth-order valence-corrected chi connectivity index (χ4v) is 2.94. The third kappa shape index (κ3) is 6.62. The van der Waals surface area contributed by atoms with Crippen LogP contribution in [0.3, 0.4) is 0 Å². The van der Waals surface area contributed by atoms with Crippen molar-refractivity contribution in [2.24, 2.45) is 7.05 Å². The third-order valence-electron chi connectivity index (χ3n) is 4.32. The Kier molecular flexibility index (Phi) is 7.79. The van der Waals surface area contributed by atoms with Gasteiger partial charge >= 0.3 is 6.03 Å². The second-order valence-corrected chi connectivity index (χ2v) is 7.26. The van der Waals surface area contributed by atoms with Crippen molar-refractivity contribution in [3.63, 3.8) is 0 Å². The third-order valence-corrected chi connectivity index (χ3v) is 4.32. The van der Waals surface area contributed by atoms with Gasteiger partial charge < -0.3 is 20.7 Å². The number of anilines is 3. The number of methoxy groups -OCH3 is 1. The first-order valence-electron chi connectivity index (χ1n) is 10.1. The summed E-state index contributed by atoms with van der Waals surface area (Å²) in [5.41, 5.74) is 0.987. The molecule has 15 heteroatoms. The standard InChI is InChI=1S/C20H20B3N9O3/c1-4-8-24-19(34)27-14-9-13(15(30-29-14)18(33)28-20(21,22)23)26-12-7-5-6-11(16(12)35-3)17-25-10-32(2)31-17/h4-7,9-10H,1,8H2,2-3H3,(H,28,33)(H3,24,26,27,29,34). The Morgan fingerprint density at radius 1 is 1.23 bits per heavy atom. The number of hydrogen-bond acceptors (Lipinski definition) is 8. The molecule has 0 saturated carbocycles. The van der Waals surface area contributed by atoms with E-state index in [2.05, 4.69) is 48.1 Å². The van der Waals surface area contributed by atoms with E-state index in [4.69, 9.17) is 28.3 Å². The number of nitrogens with zero attached hydrogens (tertiary/aromatic N) is 5. The minimum absolute atomic E-state index is 0.0478. The number of nitrogens with one attached hydrogen (secondary N) is 4. The topological polar surface area (TPSA) is 148 Å². The molecule has 12 nitrogen and oxygen atoms in total. The van der Waals surface area contributed by atoms with Crippen LogP contribution in [0.2, 0.25) is 0 Å². The van der Waals surface area contributed by atoms with Gasteiger partial charge in [-0.15, -0.1) is 16.8 Å². The van der Waals surface area contributed by atoms with Crippen LogP contribution >= 0.6 is 0 Å². The van der Waals surface area contributed by atoms with Gasteiger partial charge in [-0.3, -0.25) is 14.8 Å². The van der Waals surface area contributed by atoms with Gasteiger partial charge in [0, 0.05) is 19.7 Å². The molecule has 0 spiro atoms. The summed E-state index contributed by atoms with van der Waals surface area (Å²) in [6, 6.07) is 6.08. The van der Waals surface area contributed by atoms with Gasteiger partial charge in [-0.25, -0.2) is 9.78 Å². The Hall–Kier alpha value is -4.29. The molecule has 0 bridgehead atoms. The lowest BCUT2D eigenvalue weighted by Crippen LogP contribution is -2.50. The van der Waals surface area contributed by atoms with Gasteiger partial charge in [0.2, 0.25) is 0 Å². The number of amides is 3. The number of benzene rings is 1. The quantitative estimate of drug-likeness (QED) is 0.258. The number of aromatic nitrogens is 5. The highest BCUT2D eigenvalue weighted by molar-refractivity contribution is 6.60. The molecule has 0 saturated heterocycles. The van der Waals surface area contributed by atoms with Crippen molar-refractivity contribution in [1.82, 2.24) is 35.6 Å². The first-order valence-corrected chi connectivity index (χ1v) is 10.1. The number of carbonyl (C=O) groups is 2. The highest BCUT2D eigenvalue weighted by atomic mass is 16.5. The number of aryl methyl sites for hydroxylation is 1. The second kappa shape index (κ2) is 10.8. The fraction of sp³-hybridized carbons (Fsp3) is 0.200. The van der Waals surface area contributed by atoms with Crippen molar-refractivity contribution in [1.29, 1.82) is 0 Å². The summed E-state index contributed by atoms with van der Waals surface area (Å²) >= 11 is 0. The predicted octanol–water partition coefficient (Wildman–Crippen LogP) is 0.178. The van der Waals surface area contributed by atoms with Crippen molar-refractivity contribution in [2.75, 3.05) is 24.3 Å². The number of urea groups is 1. The molecular formula is C20H20B3N9O3. The lowest BCUT2D eigenvalue weighted by Gasteiger charge is -2.23. The van der Waals surface area contributed by atoms with E-state index in [0.29, 0.717) is 22.8 Å². The molecule has 0 fully saturated rings. The molecule has 6 radical (unpaired) electrons. The van der Waals surface area contributed by atoms with E-state index in [0.717, 1.165) is 0 Å². The minimum atomic E-state index is -2.00. The molecule has 35 heavy (non-hydrogen) atoms. The van der Waals surface area contributed by atoms with Crippen molar-refractivity contribution in [2.45, 2.75) is 5.24 Å². The summed E-state index contributed by atoms with van der Waals surface area (Å²) < 4.78 is 7.15. The average molecular weight is 467 g/mol. The average Bonchev–Trinajstić information content (AvgIpc) is 3.22. The van der Waals surface area contributed by atoms with Crippen molar-refractivity contribution in [3.05, 3.63) is 48.9 Å². The zero-order valence-corrected chi connectivity index (χ0v) is 19.1. The molecule has 1 aromatic carbocycles. The Morgan fingerprint density at radius 3 is 2.63 bits per heavy atom. The molecule has 3 aromatic rings. The van der Waals surface area contributed by atoms with Gasteiger partial charge in [0.25, 0.3) is 5.91 Å². The summed E-state index contributed by atoms with van der Waals surface area (Å²) in [7, 11) is 19.7. The molecule has 0 unspecified atom stereocenters. The van der Waals surface area contributed by atoms with E-state index < -0.39 is 17.2 Å². The van der Waals surface area contributed by atoms with Crippen LogP contribution in [0, 0.1) is 0 Å². The van der Waals surface area contributed by atoms with Crippen molar-refractivity contribution < 1.29 is 14.3 Å². The van der Waals surface area contributed by atoms with Gasteiger partial charge in [0.1, 0.15) is 6.33 Å². The molecule has 2 aromatic heterocycles. The Morgan fingerprint density at radius 2 is 2.00 bits per heavy atom. The lowest BCUT2D eigenvalue weighted by atomic mass is 9.49. The molecule has 4 N–H and O–H groups in total. The summed E-state index contributed by atoms with van der Waals surface area (Å²) in [5, 5.41) is 20.4. The van der Waals surface area contributed by atoms with E-state index in [9.17, 15) is 9.59 Å². The van der Waals surface area contributed by atoms with Gasteiger partial charge in [-0.1, -0.05) is 17.4 Å². The van der Waals surface area contributed by atoms with E-state index in [1.54, 1.807) is 36.3 Å². The largest absolute Gasteiger partial charge is 0.494 e. The maximum Gasteiger partial charge on any atom is 0.320 e. The zero-order valence-electron chi connectivity index (χ0n) is 19.1. The molecule has 0 aliphatic heterocycles. The van der Waals surface area contributed by atoms with Crippen LogP contribution in [-0.4, -0.2) is 79.3 Å². The van der Waals surface area contributed by atoms with Gasteiger partial charge in [-0.2, -0.15) is 5.10 Å². The van der Waals surface area contributed by atoms with Crippen LogP contribution in [-0.2, 0) is 7.05 Å². The molecule has 3 rings (SSSR count). The SMILES string of the molecule is [B]C([B])([B])NC(=O)c1nnc(NC(=O)NCC=C)cc1Nc1cccc(-c2ncn(C)n2)c1OC. The maximum absolute atomic E-state index is 12.7. The number of rotatable bonds is 9. The number of para-hydroxylation sites is 1. The molecule has 2 heterocycles. The van der Waals surface area contributed by atoms with Crippen LogP contribution in [0.1, 0.15) is 10.5 Å². The Balaban J connectivity index is 2.02. The van der Waals surface area contributed by atoms with Crippen LogP contribution in [0.25, 0.3) is 11.4 Å². The highest BCUT2D eigenvalue weighted by Gasteiger charge is 2.22. The molecule has 172 valence electrons. The van der Waals surface area contributed by atoms with Gasteiger partial charge in [0.15, 0.2) is 23.1 Å². The van der Waals surface area contributed by atoms with Gasteiger partial charge in [0.05, 0.1) is 47.6 Å². The van der Waals surface area contributed by atoms with Crippen molar-refractivity contribution in [3.8, 4) is 17.1 Å². The molecule has 3 amide bonds. The summed E-state index contributed by atoms with van der Waals surface area (Å²) in [6.45, 7) is 3.77. The smallest absolute Gasteiger partial charge is 0.320 e. The summed E-state index contributed by atoms with van der Waals surface area (Å²) in [6.07, 6.45) is 3.07. The minimum Gasteiger partial charge on any atom is -0.494 e. The van der Waals surface area contributed by atoms with E-state index in [1.807, 2.05) is 0 Å². The number of hydrogen-bond donors (Lipinski definition) is 4. The van der Waals surface area contributed by atoms with Crippen molar-refractivity contribution >= 4 is 52.7 Å². The summed E-state index contributed by atoms with van der Waals surface area (Å²) in [4.78, 5) is 29.0. The molecule has 0 atom stereocenters. The number of carbonyl (C=O) groups excluding carboxylic acids is 2. The van der Waals surface area contributed by atoms with Crippen LogP contribution in [0.15, 0.2) is 43.2 Å². The van der Waals surface area contributed by atoms with Crippen LogP contribution in [0.4, 0.5) is 22.0 Å². The maximum atomic E-state index is 12.7.